The highest BCUT2D eigenvalue weighted by Crippen LogP contribution is 2.23. The van der Waals surface area contributed by atoms with Gasteiger partial charge >= 0.3 is 0 Å². The van der Waals surface area contributed by atoms with Crippen LogP contribution in [0.15, 0.2) is 48.5 Å². The Morgan fingerprint density at radius 1 is 1.24 bits per heavy atom. The molecule has 0 spiro atoms. The molecule has 1 aliphatic heterocycles. The number of nitrogens with zero attached hydrogens (tertiary/aromatic N) is 1. The van der Waals surface area contributed by atoms with Gasteiger partial charge in [0.25, 0.3) is 0 Å². The molecule has 0 bridgehead atoms. The van der Waals surface area contributed by atoms with Crippen LogP contribution in [0.1, 0.15) is 25.3 Å². The van der Waals surface area contributed by atoms with Gasteiger partial charge in [0.05, 0.1) is 0 Å². The number of nitrogens with one attached hydrogen (secondary N) is 2. The lowest BCUT2D eigenvalue weighted by molar-refractivity contribution is 0.447. The number of thiocarbonyl (C=S) groups is 1. The summed E-state index contributed by atoms with van der Waals surface area (Å²) in [5.74, 6) is 0.782. The van der Waals surface area contributed by atoms with Gasteiger partial charge in [-0.3, -0.25) is 0 Å². The molecule has 2 N–H and O–H groups in total. The van der Waals surface area contributed by atoms with Crippen LogP contribution in [0.3, 0.4) is 0 Å². The van der Waals surface area contributed by atoms with Crippen molar-refractivity contribution in [3.05, 3.63) is 59.1 Å². The molecule has 132 valence electrons. The Labute approximate surface area is 160 Å². The van der Waals surface area contributed by atoms with Crippen molar-refractivity contribution in [2.75, 3.05) is 23.3 Å². The first kappa shape index (κ1) is 18.0. The van der Waals surface area contributed by atoms with Gasteiger partial charge in [0.1, 0.15) is 0 Å². The Morgan fingerprint density at radius 2 is 2.04 bits per heavy atom. The van der Waals surface area contributed by atoms with E-state index in [0.717, 1.165) is 24.7 Å². The summed E-state index contributed by atoms with van der Waals surface area (Å²) in [5.41, 5.74) is 3.42. The average Bonchev–Trinajstić information content (AvgIpc) is 2.60. The number of piperidine rings is 1. The van der Waals surface area contributed by atoms with Gasteiger partial charge in [-0.2, -0.15) is 0 Å². The number of benzene rings is 2. The molecule has 1 atom stereocenters. The second-order valence-electron chi connectivity index (χ2n) is 6.68. The van der Waals surface area contributed by atoms with Crippen molar-refractivity contribution in [1.82, 2.24) is 5.32 Å². The first-order chi connectivity index (χ1) is 12.1. The van der Waals surface area contributed by atoms with Gasteiger partial charge in [0.15, 0.2) is 5.11 Å². The molecule has 25 heavy (non-hydrogen) atoms. The molecule has 0 aliphatic carbocycles. The number of anilines is 2. The molecule has 0 aromatic heterocycles. The lowest BCUT2D eigenvalue weighted by Gasteiger charge is -2.32. The lowest BCUT2D eigenvalue weighted by Crippen LogP contribution is -2.34. The Bertz CT molecular complexity index is 717. The van der Waals surface area contributed by atoms with Gasteiger partial charge in [0.2, 0.25) is 0 Å². The molecule has 0 radical (unpaired) electrons. The Morgan fingerprint density at radius 3 is 2.76 bits per heavy atom. The summed E-state index contributed by atoms with van der Waals surface area (Å²) in [7, 11) is 0. The van der Waals surface area contributed by atoms with E-state index in [-0.39, 0.29) is 0 Å². The highest BCUT2D eigenvalue weighted by Gasteiger charge is 2.16. The smallest absolute Gasteiger partial charge is 0.171 e. The van der Waals surface area contributed by atoms with Gasteiger partial charge in [0, 0.05) is 36.0 Å². The fourth-order valence-electron chi connectivity index (χ4n) is 3.17. The van der Waals surface area contributed by atoms with Crippen molar-refractivity contribution in [2.24, 2.45) is 5.92 Å². The maximum absolute atomic E-state index is 5.98. The first-order valence-electron chi connectivity index (χ1n) is 8.74. The summed E-state index contributed by atoms with van der Waals surface area (Å²) in [6.45, 7) is 5.35. The van der Waals surface area contributed by atoms with Crippen molar-refractivity contribution < 1.29 is 0 Å². The van der Waals surface area contributed by atoms with E-state index in [2.05, 4.69) is 46.7 Å². The quantitative estimate of drug-likeness (QED) is 0.732. The summed E-state index contributed by atoms with van der Waals surface area (Å²) < 4.78 is 0. The zero-order chi connectivity index (χ0) is 17.6. The predicted molar refractivity (Wildman–Crippen MR) is 112 cm³/mol. The molecule has 0 amide bonds. The van der Waals surface area contributed by atoms with Crippen molar-refractivity contribution >= 4 is 40.3 Å². The van der Waals surface area contributed by atoms with E-state index in [4.69, 9.17) is 23.8 Å². The fourth-order valence-corrected chi connectivity index (χ4v) is 3.55. The van der Waals surface area contributed by atoms with E-state index in [1.54, 1.807) is 0 Å². The normalized spacial score (nSPS) is 17.2. The second-order valence-corrected chi connectivity index (χ2v) is 7.52. The van der Waals surface area contributed by atoms with Crippen LogP contribution in [0.2, 0.25) is 5.02 Å². The molecular formula is C20H24ClN3S. The number of hydrogen-bond donors (Lipinski definition) is 2. The largest absolute Gasteiger partial charge is 0.371 e. The zero-order valence-corrected chi connectivity index (χ0v) is 16.0. The Balaban J connectivity index is 1.50. The predicted octanol–water partition coefficient (Wildman–Crippen LogP) is 5.06. The minimum absolute atomic E-state index is 0.594. The van der Waals surface area contributed by atoms with Gasteiger partial charge in [-0.05, 0) is 66.9 Å². The number of rotatable bonds is 4. The van der Waals surface area contributed by atoms with Crippen LogP contribution in [0.5, 0.6) is 0 Å². The Kier molecular flexibility index (Phi) is 6.16. The van der Waals surface area contributed by atoms with Crippen LogP contribution in [-0.2, 0) is 6.54 Å². The third-order valence-electron chi connectivity index (χ3n) is 4.49. The van der Waals surface area contributed by atoms with Crippen LogP contribution in [-0.4, -0.2) is 18.2 Å². The maximum atomic E-state index is 5.98. The van der Waals surface area contributed by atoms with Gasteiger partial charge in [-0.1, -0.05) is 36.7 Å². The molecule has 5 heteroatoms. The monoisotopic (exact) mass is 373 g/mol. The van der Waals surface area contributed by atoms with Gasteiger partial charge in [-0.25, -0.2) is 0 Å². The summed E-state index contributed by atoms with van der Waals surface area (Å²) >= 11 is 11.3. The van der Waals surface area contributed by atoms with Crippen molar-refractivity contribution in [3.63, 3.8) is 0 Å². The van der Waals surface area contributed by atoms with Gasteiger partial charge < -0.3 is 15.5 Å². The highest BCUT2D eigenvalue weighted by molar-refractivity contribution is 7.80. The number of halogens is 1. The average molecular weight is 374 g/mol. The highest BCUT2D eigenvalue weighted by atomic mass is 35.5. The fraction of sp³-hybridized carbons (Fsp3) is 0.350. The SMILES string of the molecule is CC1CCCN(c2ccc(CNC(=S)Nc3cccc(Cl)c3)cc2)C1. The molecule has 1 unspecified atom stereocenters. The first-order valence-corrected chi connectivity index (χ1v) is 9.53. The zero-order valence-electron chi connectivity index (χ0n) is 14.5. The van der Waals surface area contributed by atoms with E-state index in [9.17, 15) is 0 Å². The molecule has 1 saturated heterocycles. The summed E-state index contributed by atoms with van der Waals surface area (Å²) in [6, 6.07) is 16.3. The molecule has 1 heterocycles. The topological polar surface area (TPSA) is 27.3 Å². The van der Waals surface area contributed by atoms with Crippen LogP contribution in [0, 0.1) is 5.92 Å². The lowest BCUT2D eigenvalue weighted by atomic mass is 9.99. The molecule has 0 saturated carbocycles. The second kappa shape index (κ2) is 8.54. The Hall–Kier alpha value is -1.78. The molecule has 3 nitrogen and oxygen atoms in total. The molecule has 2 aromatic rings. The van der Waals surface area contributed by atoms with E-state index in [1.807, 2.05) is 24.3 Å². The third kappa shape index (κ3) is 5.35. The minimum Gasteiger partial charge on any atom is -0.371 e. The summed E-state index contributed by atoms with van der Waals surface area (Å²) in [6.07, 6.45) is 2.63. The molecule has 2 aromatic carbocycles. The van der Waals surface area contributed by atoms with Crippen LogP contribution in [0.25, 0.3) is 0 Å². The van der Waals surface area contributed by atoms with E-state index in [0.29, 0.717) is 16.7 Å². The van der Waals surface area contributed by atoms with Crippen LogP contribution < -0.4 is 15.5 Å². The molecule has 1 fully saturated rings. The molecule has 3 rings (SSSR count). The van der Waals surface area contributed by atoms with Crippen LogP contribution >= 0.6 is 23.8 Å². The maximum Gasteiger partial charge on any atom is 0.171 e. The van der Waals surface area contributed by atoms with E-state index >= 15 is 0 Å². The van der Waals surface area contributed by atoms with Crippen molar-refractivity contribution in [1.29, 1.82) is 0 Å². The standard InChI is InChI=1S/C20H24ClN3S/c1-15-4-3-11-24(14-15)19-9-7-16(8-10-19)13-22-20(25)23-18-6-2-5-17(21)12-18/h2,5-10,12,15H,3-4,11,13-14H2,1H3,(H2,22,23,25). The van der Waals surface area contributed by atoms with Crippen molar-refractivity contribution in [3.8, 4) is 0 Å². The van der Waals surface area contributed by atoms with Crippen molar-refractivity contribution in [2.45, 2.75) is 26.3 Å². The van der Waals surface area contributed by atoms with Crippen LogP contribution in [0.4, 0.5) is 11.4 Å². The number of hydrogen-bond acceptors (Lipinski definition) is 2. The molecular weight excluding hydrogens is 350 g/mol. The summed E-state index contributed by atoms with van der Waals surface area (Å²) in [4.78, 5) is 2.48. The third-order valence-corrected chi connectivity index (χ3v) is 4.98. The summed E-state index contributed by atoms with van der Waals surface area (Å²) in [5, 5.41) is 7.67. The molecule has 1 aliphatic rings. The van der Waals surface area contributed by atoms with Gasteiger partial charge in [-0.15, -0.1) is 0 Å². The van der Waals surface area contributed by atoms with E-state index in [1.165, 1.54) is 24.1 Å². The minimum atomic E-state index is 0.594. The van der Waals surface area contributed by atoms with E-state index < -0.39 is 0 Å².